The van der Waals surface area contributed by atoms with Crippen LogP contribution in [0.1, 0.15) is 17.7 Å². The van der Waals surface area contributed by atoms with Crippen LogP contribution in [-0.4, -0.2) is 16.1 Å². The molecule has 1 aromatic heterocycles. The first-order chi connectivity index (χ1) is 6.51. The average molecular weight is 214 g/mol. The number of rotatable bonds is 2. The van der Waals surface area contributed by atoms with Crippen LogP contribution in [0.2, 0.25) is 0 Å². The summed E-state index contributed by atoms with van der Waals surface area (Å²) in [6.07, 6.45) is 0.621. The number of aliphatic hydroxyl groups excluding tert-OH is 1. The third-order valence-electron chi connectivity index (χ3n) is 2.46. The van der Waals surface area contributed by atoms with Gasteiger partial charge >= 0.3 is 5.00 Å². The topological polar surface area (TPSA) is 89.4 Å². The summed E-state index contributed by atoms with van der Waals surface area (Å²) in [4.78, 5) is 10.8. The molecule has 0 saturated heterocycles. The predicted octanol–water partition coefficient (Wildman–Crippen LogP) is 0.965. The van der Waals surface area contributed by atoms with Gasteiger partial charge in [0.05, 0.1) is 16.6 Å². The van der Waals surface area contributed by atoms with Crippen LogP contribution in [0.15, 0.2) is 12.1 Å². The highest BCUT2D eigenvalue weighted by molar-refractivity contribution is 7.15. The number of thiophene rings is 1. The second-order valence-corrected chi connectivity index (χ2v) is 4.68. The van der Waals surface area contributed by atoms with Gasteiger partial charge in [0.15, 0.2) is 0 Å². The molecule has 1 aromatic rings. The van der Waals surface area contributed by atoms with Crippen LogP contribution >= 0.6 is 11.3 Å². The van der Waals surface area contributed by atoms with Crippen LogP contribution in [0.4, 0.5) is 5.00 Å². The molecule has 5 nitrogen and oxygen atoms in total. The molecule has 0 aliphatic heterocycles. The van der Waals surface area contributed by atoms with Gasteiger partial charge in [-0.3, -0.25) is 10.1 Å². The Labute approximate surface area is 84.3 Å². The van der Waals surface area contributed by atoms with Gasteiger partial charge in [0, 0.05) is 10.9 Å². The first-order valence-corrected chi connectivity index (χ1v) is 5.04. The lowest BCUT2D eigenvalue weighted by molar-refractivity contribution is -0.380. The number of nitrogens with zero attached hydrogens (tertiary/aromatic N) is 1. The molecule has 1 aliphatic carbocycles. The molecule has 1 fully saturated rings. The molecule has 14 heavy (non-hydrogen) atoms. The van der Waals surface area contributed by atoms with Crippen molar-refractivity contribution in [2.45, 2.75) is 24.5 Å². The molecular formula is C8H10N2O3S. The molecule has 1 heterocycles. The van der Waals surface area contributed by atoms with E-state index < -0.39 is 10.5 Å². The monoisotopic (exact) mass is 214 g/mol. The zero-order valence-corrected chi connectivity index (χ0v) is 8.16. The van der Waals surface area contributed by atoms with Crippen molar-refractivity contribution in [1.29, 1.82) is 0 Å². The summed E-state index contributed by atoms with van der Waals surface area (Å²) in [7, 11) is 0. The first kappa shape index (κ1) is 9.57. The highest BCUT2D eigenvalue weighted by Gasteiger charge is 2.43. The summed E-state index contributed by atoms with van der Waals surface area (Å²) in [6, 6.07) is 3.13. The maximum atomic E-state index is 10.4. The molecule has 3 N–H and O–H groups in total. The molecule has 0 radical (unpaired) electrons. The lowest BCUT2D eigenvalue weighted by Crippen LogP contribution is -2.51. The van der Waals surface area contributed by atoms with Crippen molar-refractivity contribution in [1.82, 2.24) is 0 Å². The molecule has 0 spiro atoms. The minimum absolute atomic E-state index is 0.103. The predicted molar refractivity (Wildman–Crippen MR) is 52.1 cm³/mol. The summed E-state index contributed by atoms with van der Waals surface area (Å²) in [5.41, 5.74) is 5.41. The lowest BCUT2D eigenvalue weighted by atomic mass is 9.74. The summed E-state index contributed by atoms with van der Waals surface area (Å²) in [6.45, 7) is 0. The van der Waals surface area contributed by atoms with Crippen LogP contribution in [0, 0.1) is 10.1 Å². The van der Waals surface area contributed by atoms with E-state index in [1.807, 2.05) is 0 Å². The normalized spacial score (nSPS) is 31.1. The Morgan fingerprint density at radius 3 is 2.71 bits per heavy atom. The molecule has 0 bridgehead atoms. The van der Waals surface area contributed by atoms with E-state index in [9.17, 15) is 10.1 Å². The van der Waals surface area contributed by atoms with Gasteiger partial charge in [0.25, 0.3) is 0 Å². The number of aliphatic hydroxyl groups is 1. The van der Waals surface area contributed by atoms with Crippen LogP contribution < -0.4 is 5.73 Å². The van der Waals surface area contributed by atoms with Crippen molar-refractivity contribution in [2.75, 3.05) is 0 Å². The minimum Gasteiger partial charge on any atom is -0.393 e. The Hall–Kier alpha value is -0.980. The van der Waals surface area contributed by atoms with E-state index in [2.05, 4.69) is 0 Å². The Bertz CT molecular complexity index is 370. The summed E-state index contributed by atoms with van der Waals surface area (Å²) < 4.78 is 0. The Balaban J connectivity index is 2.21. The van der Waals surface area contributed by atoms with E-state index in [4.69, 9.17) is 10.8 Å². The number of hydrogen-bond acceptors (Lipinski definition) is 5. The average Bonchev–Trinajstić information content (AvgIpc) is 2.49. The van der Waals surface area contributed by atoms with Gasteiger partial charge in [-0.15, -0.1) is 0 Å². The maximum Gasteiger partial charge on any atom is 0.324 e. The minimum atomic E-state index is -0.543. The van der Waals surface area contributed by atoms with Gasteiger partial charge in [0.2, 0.25) is 0 Å². The van der Waals surface area contributed by atoms with Gasteiger partial charge in [-0.05, 0) is 18.9 Å². The van der Waals surface area contributed by atoms with E-state index in [0.717, 1.165) is 16.2 Å². The molecule has 76 valence electrons. The van der Waals surface area contributed by atoms with Crippen molar-refractivity contribution in [3.05, 3.63) is 27.1 Å². The van der Waals surface area contributed by atoms with Crippen LogP contribution in [0.3, 0.4) is 0 Å². The highest BCUT2D eigenvalue weighted by Crippen LogP contribution is 2.43. The SMILES string of the molecule is NC1(c2ccc([N+](=O)[O-])s2)CC(O)C1. The summed E-state index contributed by atoms with van der Waals surface area (Å²) >= 11 is 1.09. The number of nitro groups is 1. The van der Waals surface area contributed by atoms with E-state index in [0.29, 0.717) is 12.8 Å². The summed E-state index contributed by atoms with van der Waals surface area (Å²) in [5.74, 6) is 0. The largest absolute Gasteiger partial charge is 0.393 e. The van der Waals surface area contributed by atoms with E-state index in [-0.39, 0.29) is 11.1 Å². The molecule has 1 saturated carbocycles. The fourth-order valence-corrected chi connectivity index (χ4v) is 2.62. The zero-order valence-electron chi connectivity index (χ0n) is 7.34. The van der Waals surface area contributed by atoms with E-state index in [1.54, 1.807) is 6.07 Å². The number of nitrogens with two attached hydrogens (primary N) is 1. The third-order valence-corrected chi connectivity index (χ3v) is 3.72. The highest BCUT2D eigenvalue weighted by atomic mass is 32.1. The molecule has 0 amide bonds. The summed E-state index contributed by atoms with van der Waals surface area (Å²) in [5, 5.41) is 19.7. The van der Waals surface area contributed by atoms with Crippen molar-refractivity contribution in [2.24, 2.45) is 5.73 Å². The molecule has 6 heteroatoms. The Morgan fingerprint density at radius 1 is 1.64 bits per heavy atom. The first-order valence-electron chi connectivity index (χ1n) is 4.23. The van der Waals surface area contributed by atoms with Crippen molar-refractivity contribution in [3.8, 4) is 0 Å². The molecule has 0 unspecified atom stereocenters. The second kappa shape index (κ2) is 3.01. The quantitative estimate of drug-likeness (QED) is 0.567. The molecule has 0 aromatic carbocycles. The molecule has 2 rings (SSSR count). The van der Waals surface area contributed by atoms with Crippen molar-refractivity contribution < 1.29 is 10.0 Å². The fraction of sp³-hybridized carbons (Fsp3) is 0.500. The molecule has 1 aliphatic rings. The second-order valence-electron chi connectivity index (χ2n) is 3.61. The van der Waals surface area contributed by atoms with Gasteiger partial charge in [-0.25, -0.2) is 0 Å². The van der Waals surface area contributed by atoms with Crippen molar-refractivity contribution in [3.63, 3.8) is 0 Å². The standard InChI is InChI=1S/C8H10N2O3S/c9-8(3-5(11)4-8)6-1-2-7(14-6)10(12)13/h1-2,5,11H,3-4,9H2. The van der Waals surface area contributed by atoms with Crippen molar-refractivity contribution >= 4 is 16.3 Å². The Kier molecular flexibility index (Phi) is 2.06. The third kappa shape index (κ3) is 1.41. The van der Waals surface area contributed by atoms with Crippen LogP contribution in [0.25, 0.3) is 0 Å². The zero-order chi connectivity index (χ0) is 10.3. The molecule has 0 atom stereocenters. The smallest absolute Gasteiger partial charge is 0.324 e. The van der Waals surface area contributed by atoms with Gasteiger partial charge < -0.3 is 10.8 Å². The lowest BCUT2D eigenvalue weighted by Gasteiger charge is -2.41. The molecular weight excluding hydrogens is 204 g/mol. The van der Waals surface area contributed by atoms with Gasteiger partial charge in [-0.2, -0.15) is 0 Å². The van der Waals surface area contributed by atoms with Gasteiger partial charge in [0.1, 0.15) is 0 Å². The fourth-order valence-electron chi connectivity index (χ4n) is 1.68. The number of hydrogen-bond donors (Lipinski definition) is 2. The van der Waals surface area contributed by atoms with E-state index in [1.165, 1.54) is 6.07 Å². The van der Waals surface area contributed by atoms with E-state index >= 15 is 0 Å². The maximum absolute atomic E-state index is 10.4. The Morgan fingerprint density at radius 2 is 2.29 bits per heavy atom. The van der Waals surface area contributed by atoms with Crippen LogP contribution in [0.5, 0.6) is 0 Å². The van der Waals surface area contributed by atoms with Crippen LogP contribution in [-0.2, 0) is 5.54 Å². The van der Waals surface area contributed by atoms with Gasteiger partial charge in [-0.1, -0.05) is 11.3 Å².